The van der Waals surface area contributed by atoms with Crippen LogP contribution in [-0.4, -0.2) is 35.2 Å². The SMILES string of the molecule is Cc1cc(CN2CCCCC2)ccc1B(O)O. The minimum atomic E-state index is -1.36. The summed E-state index contributed by atoms with van der Waals surface area (Å²) in [5.41, 5.74) is 2.82. The highest BCUT2D eigenvalue weighted by Crippen LogP contribution is 2.13. The van der Waals surface area contributed by atoms with Gasteiger partial charge in [0, 0.05) is 6.54 Å². The molecule has 1 aromatic carbocycles. The Labute approximate surface area is 103 Å². The van der Waals surface area contributed by atoms with Crippen molar-refractivity contribution in [3.63, 3.8) is 0 Å². The van der Waals surface area contributed by atoms with Gasteiger partial charge in [0.1, 0.15) is 0 Å². The number of benzene rings is 1. The van der Waals surface area contributed by atoms with Crippen LogP contribution in [0.2, 0.25) is 0 Å². The molecule has 0 aromatic heterocycles. The molecule has 1 fully saturated rings. The lowest BCUT2D eigenvalue weighted by Gasteiger charge is -2.26. The molecule has 3 nitrogen and oxygen atoms in total. The Morgan fingerprint density at radius 1 is 1.18 bits per heavy atom. The van der Waals surface area contributed by atoms with Gasteiger partial charge in [0.15, 0.2) is 0 Å². The van der Waals surface area contributed by atoms with E-state index < -0.39 is 7.12 Å². The Balaban J connectivity index is 2.04. The molecule has 2 N–H and O–H groups in total. The van der Waals surface area contributed by atoms with Gasteiger partial charge < -0.3 is 10.0 Å². The Morgan fingerprint density at radius 3 is 2.47 bits per heavy atom. The first-order valence-electron chi connectivity index (χ1n) is 6.35. The van der Waals surface area contributed by atoms with E-state index in [1.807, 2.05) is 19.1 Å². The largest absolute Gasteiger partial charge is 0.488 e. The molecular formula is C13H20BNO2. The first-order valence-corrected chi connectivity index (χ1v) is 6.35. The van der Waals surface area contributed by atoms with Gasteiger partial charge in [-0.2, -0.15) is 0 Å². The molecule has 1 aromatic rings. The van der Waals surface area contributed by atoms with Gasteiger partial charge in [0.25, 0.3) is 0 Å². The zero-order valence-electron chi connectivity index (χ0n) is 10.4. The number of piperidine rings is 1. The maximum absolute atomic E-state index is 9.16. The van der Waals surface area contributed by atoms with Crippen molar-refractivity contribution in [3.8, 4) is 0 Å². The lowest BCUT2D eigenvalue weighted by molar-refractivity contribution is 0.221. The van der Waals surface area contributed by atoms with Crippen LogP contribution in [-0.2, 0) is 6.54 Å². The Morgan fingerprint density at radius 2 is 1.88 bits per heavy atom. The van der Waals surface area contributed by atoms with E-state index in [1.165, 1.54) is 37.9 Å². The summed E-state index contributed by atoms with van der Waals surface area (Å²) in [5, 5.41) is 18.3. The fraction of sp³-hybridized carbons (Fsp3) is 0.538. The summed E-state index contributed by atoms with van der Waals surface area (Å²) in [5.74, 6) is 0. The van der Waals surface area contributed by atoms with E-state index in [0.29, 0.717) is 5.46 Å². The lowest BCUT2D eigenvalue weighted by atomic mass is 9.77. The zero-order valence-corrected chi connectivity index (χ0v) is 10.4. The topological polar surface area (TPSA) is 43.7 Å². The van der Waals surface area contributed by atoms with E-state index in [2.05, 4.69) is 11.0 Å². The molecule has 0 spiro atoms. The van der Waals surface area contributed by atoms with Crippen LogP contribution in [0.5, 0.6) is 0 Å². The second-order valence-corrected chi connectivity index (χ2v) is 4.90. The predicted molar refractivity (Wildman–Crippen MR) is 70.1 cm³/mol. The number of rotatable bonds is 3. The van der Waals surface area contributed by atoms with E-state index in [1.54, 1.807) is 0 Å². The molecule has 17 heavy (non-hydrogen) atoms. The average Bonchev–Trinajstić information content (AvgIpc) is 2.30. The molecule has 1 aliphatic heterocycles. The summed E-state index contributed by atoms with van der Waals surface area (Å²) in [7, 11) is -1.36. The van der Waals surface area contributed by atoms with E-state index in [0.717, 1.165) is 12.1 Å². The number of nitrogens with zero attached hydrogens (tertiary/aromatic N) is 1. The maximum atomic E-state index is 9.16. The Hall–Kier alpha value is -0.835. The molecule has 2 rings (SSSR count). The van der Waals surface area contributed by atoms with Crippen LogP contribution in [0, 0.1) is 6.92 Å². The van der Waals surface area contributed by atoms with Crippen molar-refractivity contribution in [2.24, 2.45) is 0 Å². The molecule has 4 heteroatoms. The standard InChI is InChI=1S/C13H20BNO2/c1-11-9-12(5-6-13(11)14(16)17)10-15-7-3-2-4-8-15/h5-6,9,16-17H,2-4,7-8,10H2,1H3. The normalized spacial score (nSPS) is 17.1. The summed E-state index contributed by atoms with van der Waals surface area (Å²) >= 11 is 0. The minimum absolute atomic E-state index is 0.604. The molecule has 0 saturated carbocycles. The Bertz CT molecular complexity index is 376. The van der Waals surface area contributed by atoms with Crippen molar-refractivity contribution in [2.75, 3.05) is 13.1 Å². The highest BCUT2D eigenvalue weighted by Gasteiger charge is 2.15. The van der Waals surface area contributed by atoms with Gasteiger partial charge >= 0.3 is 7.12 Å². The number of hydrogen-bond acceptors (Lipinski definition) is 3. The molecule has 0 bridgehead atoms. The van der Waals surface area contributed by atoms with Crippen LogP contribution in [0.15, 0.2) is 18.2 Å². The van der Waals surface area contributed by atoms with Gasteiger partial charge in [-0.25, -0.2) is 0 Å². The highest BCUT2D eigenvalue weighted by molar-refractivity contribution is 6.59. The fourth-order valence-electron chi connectivity index (χ4n) is 2.50. The van der Waals surface area contributed by atoms with Crippen LogP contribution in [0.25, 0.3) is 0 Å². The average molecular weight is 233 g/mol. The van der Waals surface area contributed by atoms with Crippen molar-refractivity contribution in [1.29, 1.82) is 0 Å². The number of aryl methyl sites for hydroxylation is 1. The van der Waals surface area contributed by atoms with Crippen molar-refractivity contribution >= 4 is 12.6 Å². The molecule has 0 radical (unpaired) electrons. The minimum Gasteiger partial charge on any atom is -0.423 e. The van der Waals surface area contributed by atoms with Gasteiger partial charge in [0.2, 0.25) is 0 Å². The molecule has 0 unspecified atom stereocenters. The van der Waals surface area contributed by atoms with Crippen LogP contribution in [0.3, 0.4) is 0 Å². The zero-order chi connectivity index (χ0) is 12.3. The molecule has 1 aliphatic rings. The third kappa shape index (κ3) is 3.31. The second kappa shape index (κ2) is 5.67. The van der Waals surface area contributed by atoms with Crippen molar-refractivity contribution in [1.82, 2.24) is 4.90 Å². The van der Waals surface area contributed by atoms with Crippen molar-refractivity contribution in [3.05, 3.63) is 29.3 Å². The van der Waals surface area contributed by atoms with Crippen LogP contribution < -0.4 is 5.46 Å². The second-order valence-electron chi connectivity index (χ2n) is 4.90. The summed E-state index contributed by atoms with van der Waals surface area (Å²) in [6.07, 6.45) is 3.95. The third-order valence-corrected chi connectivity index (χ3v) is 3.47. The molecule has 1 saturated heterocycles. The van der Waals surface area contributed by atoms with Gasteiger partial charge in [0.05, 0.1) is 0 Å². The summed E-state index contributed by atoms with van der Waals surface area (Å²) in [6.45, 7) is 5.27. The number of hydrogen-bond donors (Lipinski definition) is 2. The predicted octanol–water partition coefficient (Wildman–Crippen LogP) is 0.661. The van der Waals surface area contributed by atoms with Crippen LogP contribution in [0.4, 0.5) is 0 Å². The first-order chi connectivity index (χ1) is 8.16. The smallest absolute Gasteiger partial charge is 0.423 e. The van der Waals surface area contributed by atoms with Crippen LogP contribution >= 0.6 is 0 Å². The summed E-state index contributed by atoms with van der Waals surface area (Å²) in [4.78, 5) is 2.47. The van der Waals surface area contributed by atoms with Crippen molar-refractivity contribution < 1.29 is 10.0 Å². The first kappa shape index (κ1) is 12.6. The van der Waals surface area contributed by atoms with E-state index in [4.69, 9.17) is 10.0 Å². The van der Waals surface area contributed by atoms with Crippen molar-refractivity contribution in [2.45, 2.75) is 32.7 Å². The van der Waals surface area contributed by atoms with Gasteiger partial charge in [-0.1, -0.05) is 30.2 Å². The van der Waals surface area contributed by atoms with E-state index in [-0.39, 0.29) is 0 Å². The van der Waals surface area contributed by atoms with E-state index in [9.17, 15) is 0 Å². The Kier molecular flexibility index (Phi) is 4.21. The highest BCUT2D eigenvalue weighted by atomic mass is 16.4. The third-order valence-electron chi connectivity index (χ3n) is 3.47. The number of likely N-dealkylation sites (tertiary alicyclic amines) is 1. The van der Waals surface area contributed by atoms with Gasteiger partial charge in [-0.3, -0.25) is 4.90 Å². The van der Waals surface area contributed by atoms with Gasteiger partial charge in [-0.15, -0.1) is 0 Å². The monoisotopic (exact) mass is 233 g/mol. The van der Waals surface area contributed by atoms with Gasteiger partial charge in [-0.05, 0) is 43.9 Å². The van der Waals surface area contributed by atoms with E-state index >= 15 is 0 Å². The fourth-order valence-corrected chi connectivity index (χ4v) is 2.50. The maximum Gasteiger partial charge on any atom is 0.488 e. The molecule has 92 valence electrons. The quantitative estimate of drug-likeness (QED) is 0.754. The lowest BCUT2D eigenvalue weighted by Crippen LogP contribution is -2.33. The van der Waals surface area contributed by atoms with Crippen LogP contribution in [0.1, 0.15) is 30.4 Å². The molecule has 1 heterocycles. The summed E-state index contributed by atoms with van der Waals surface area (Å²) in [6, 6.07) is 5.87. The molecular weight excluding hydrogens is 213 g/mol. The molecule has 0 aliphatic carbocycles. The molecule has 0 amide bonds. The molecule has 0 atom stereocenters. The summed E-state index contributed by atoms with van der Waals surface area (Å²) < 4.78 is 0.